The van der Waals surface area contributed by atoms with E-state index in [1.54, 1.807) is 24.3 Å². The minimum atomic E-state index is -0.684. The molecule has 0 heterocycles. The highest BCUT2D eigenvalue weighted by atomic mass is 19.1. The quantitative estimate of drug-likeness (QED) is 0.416. The van der Waals surface area contributed by atoms with E-state index in [1.165, 1.54) is 48.5 Å². The molecule has 5 nitrogen and oxygen atoms in total. The molecular weight excluding hydrogens is 383 g/mol. The Morgan fingerprint density at radius 3 is 2.10 bits per heavy atom. The Labute approximate surface area is 171 Å². The molecule has 1 aliphatic carbocycles. The first kappa shape index (κ1) is 19.0. The van der Waals surface area contributed by atoms with Gasteiger partial charge in [0.05, 0.1) is 0 Å². The Morgan fingerprint density at radius 1 is 0.867 bits per heavy atom. The number of rotatable bonds is 3. The van der Waals surface area contributed by atoms with Crippen LogP contribution in [0.1, 0.15) is 37.4 Å². The summed E-state index contributed by atoms with van der Waals surface area (Å²) in [7, 11) is 0. The normalized spacial score (nSPS) is 12.6. The lowest BCUT2D eigenvalue weighted by molar-refractivity contribution is -0.112. The van der Waals surface area contributed by atoms with E-state index in [0.29, 0.717) is 16.7 Å². The molecular formula is C24H13FN2O3. The van der Waals surface area contributed by atoms with Crippen molar-refractivity contribution in [3.8, 4) is 6.07 Å². The van der Waals surface area contributed by atoms with E-state index in [0.717, 1.165) is 0 Å². The molecule has 0 radical (unpaired) electrons. The van der Waals surface area contributed by atoms with E-state index >= 15 is 0 Å². The summed E-state index contributed by atoms with van der Waals surface area (Å²) in [5, 5.41) is 11.9. The number of halogens is 1. The summed E-state index contributed by atoms with van der Waals surface area (Å²) in [5.74, 6) is -1.67. The van der Waals surface area contributed by atoms with Crippen LogP contribution in [0.15, 0.2) is 72.3 Å². The van der Waals surface area contributed by atoms with Crippen LogP contribution in [0.5, 0.6) is 0 Å². The molecule has 0 aromatic heterocycles. The van der Waals surface area contributed by atoms with Gasteiger partial charge in [-0.3, -0.25) is 14.4 Å². The van der Waals surface area contributed by atoms with Crippen molar-refractivity contribution >= 4 is 29.2 Å². The molecule has 3 aromatic rings. The average molecular weight is 396 g/mol. The first-order valence-electron chi connectivity index (χ1n) is 8.99. The maximum absolute atomic E-state index is 13.0. The molecule has 1 aliphatic rings. The molecule has 0 atom stereocenters. The summed E-state index contributed by atoms with van der Waals surface area (Å²) in [6, 6.07) is 18.1. The van der Waals surface area contributed by atoms with Crippen molar-refractivity contribution in [1.29, 1.82) is 5.26 Å². The fraction of sp³-hybridized carbons (Fsp3) is 0. The third kappa shape index (κ3) is 3.40. The Hall–Kier alpha value is -4.37. The fourth-order valence-electron chi connectivity index (χ4n) is 3.25. The van der Waals surface area contributed by atoms with E-state index < -0.39 is 11.7 Å². The fourth-order valence-corrected chi connectivity index (χ4v) is 3.25. The van der Waals surface area contributed by atoms with Crippen LogP contribution in [-0.2, 0) is 4.79 Å². The number of ketones is 2. The lowest BCUT2D eigenvalue weighted by Gasteiger charge is -2.18. The van der Waals surface area contributed by atoms with Crippen molar-refractivity contribution in [2.24, 2.45) is 0 Å². The zero-order chi connectivity index (χ0) is 21.3. The zero-order valence-electron chi connectivity index (χ0n) is 15.5. The molecule has 0 unspecified atom stereocenters. The van der Waals surface area contributed by atoms with Crippen molar-refractivity contribution < 1.29 is 18.8 Å². The number of nitriles is 1. The number of nitrogens with one attached hydrogen (secondary N) is 1. The molecule has 0 aliphatic heterocycles. The molecule has 0 fully saturated rings. The molecule has 3 aromatic carbocycles. The number of nitrogens with zero attached hydrogens (tertiary/aromatic N) is 1. The lowest BCUT2D eigenvalue weighted by Crippen LogP contribution is -2.21. The second-order valence-corrected chi connectivity index (χ2v) is 6.64. The van der Waals surface area contributed by atoms with Crippen molar-refractivity contribution in [3.63, 3.8) is 0 Å². The molecule has 4 rings (SSSR count). The van der Waals surface area contributed by atoms with Crippen LogP contribution < -0.4 is 5.32 Å². The van der Waals surface area contributed by atoms with Gasteiger partial charge in [-0.1, -0.05) is 36.4 Å². The molecule has 1 N–H and O–H groups in total. The summed E-state index contributed by atoms with van der Waals surface area (Å²) in [6.07, 6.45) is 1.33. The molecule has 0 saturated carbocycles. The van der Waals surface area contributed by atoms with Crippen molar-refractivity contribution in [3.05, 3.63) is 106 Å². The summed E-state index contributed by atoms with van der Waals surface area (Å²) in [6.45, 7) is 0. The third-order valence-corrected chi connectivity index (χ3v) is 4.73. The summed E-state index contributed by atoms with van der Waals surface area (Å²) < 4.78 is 13.0. The second kappa shape index (κ2) is 7.57. The summed E-state index contributed by atoms with van der Waals surface area (Å²) >= 11 is 0. The number of amides is 1. The maximum Gasteiger partial charge on any atom is 0.266 e. The van der Waals surface area contributed by atoms with Gasteiger partial charge in [-0.05, 0) is 42.0 Å². The average Bonchev–Trinajstić information content (AvgIpc) is 2.77. The molecule has 1 amide bonds. The van der Waals surface area contributed by atoms with Crippen LogP contribution in [0.2, 0.25) is 0 Å². The van der Waals surface area contributed by atoms with Crippen LogP contribution in [0.3, 0.4) is 0 Å². The van der Waals surface area contributed by atoms with E-state index in [-0.39, 0.29) is 34.0 Å². The zero-order valence-corrected chi connectivity index (χ0v) is 15.5. The highest BCUT2D eigenvalue weighted by Crippen LogP contribution is 2.29. The number of hydrogen-bond donors (Lipinski definition) is 1. The number of carbonyl (C=O) groups excluding carboxylic acids is 3. The predicted octanol–water partition coefficient (Wildman–Crippen LogP) is 4.15. The van der Waals surface area contributed by atoms with E-state index in [1.807, 2.05) is 6.07 Å². The summed E-state index contributed by atoms with van der Waals surface area (Å²) in [5.41, 5.74) is 1.70. The summed E-state index contributed by atoms with van der Waals surface area (Å²) in [4.78, 5) is 37.9. The number of benzene rings is 3. The molecule has 0 saturated heterocycles. The Bertz CT molecular complexity index is 1280. The van der Waals surface area contributed by atoms with Gasteiger partial charge in [0.2, 0.25) is 0 Å². The van der Waals surface area contributed by atoms with Crippen LogP contribution in [-0.4, -0.2) is 17.5 Å². The highest BCUT2D eigenvalue weighted by Gasteiger charge is 2.29. The van der Waals surface area contributed by atoms with Gasteiger partial charge in [0.15, 0.2) is 11.6 Å². The molecule has 30 heavy (non-hydrogen) atoms. The largest absolute Gasteiger partial charge is 0.321 e. The number of hydrogen-bond acceptors (Lipinski definition) is 4. The number of fused-ring (bicyclic) bond motifs is 2. The van der Waals surface area contributed by atoms with Crippen LogP contribution in [0.25, 0.3) is 6.08 Å². The van der Waals surface area contributed by atoms with E-state index in [2.05, 4.69) is 5.32 Å². The first-order valence-corrected chi connectivity index (χ1v) is 8.99. The topological polar surface area (TPSA) is 87.0 Å². The van der Waals surface area contributed by atoms with Crippen LogP contribution >= 0.6 is 0 Å². The minimum Gasteiger partial charge on any atom is -0.321 e. The van der Waals surface area contributed by atoms with Crippen LogP contribution in [0.4, 0.5) is 10.1 Å². The standard InChI is InChI=1S/C24H13FN2O3/c25-16-7-5-14(6-8-16)11-15(13-26)24(30)27-17-9-10-20-21(12-17)23(29)19-4-2-1-3-18(19)22(20)28/h1-12H,(H,27,30). The second-order valence-electron chi connectivity index (χ2n) is 6.64. The van der Waals surface area contributed by atoms with Crippen molar-refractivity contribution in [2.45, 2.75) is 0 Å². The van der Waals surface area contributed by atoms with Gasteiger partial charge >= 0.3 is 0 Å². The molecule has 0 bridgehead atoms. The van der Waals surface area contributed by atoms with Crippen molar-refractivity contribution in [2.75, 3.05) is 5.32 Å². The number of carbonyl (C=O) groups is 3. The van der Waals surface area contributed by atoms with Crippen molar-refractivity contribution in [1.82, 2.24) is 0 Å². The maximum atomic E-state index is 13.0. The smallest absolute Gasteiger partial charge is 0.266 e. The van der Waals surface area contributed by atoms with Gasteiger partial charge in [0.1, 0.15) is 17.5 Å². The Morgan fingerprint density at radius 2 is 1.47 bits per heavy atom. The van der Waals surface area contributed by atoms with Gasteiger partial charge in [0, 0.05) is 27.9 Å². The SMILES string of the molecule is N#CC(=Cc1ccc(F)cc1)C(=O)Nc1ccc2c(c1)C(=O)c1ccccc1C2=O. The van der Waals surface area contributed by atoms with Gasteiger partial charge in [-0.15, -0.1) is 0 Å². The third-order valence-electron chi connectivity index (χ3n) is 4.73. The van der Waals surface area contributed by atoms with Gasteiger partial charge in [-0.2, -0.15) is 5.26 Å². The number of anilines is 1. The minimum absolute atomic E-state index is 0.188. The molecule has 6 heteroatoms. The first-order chi connectivity index (χ1) is 14.5. The Balaban J connectivity index is 1.62. The monoisotopic (exact) mass is 396 g/mol. The van der Waals surface area contributed by atoms with Gasteiger partial charge in [0.25, 0.3) is 5.91 Å². The van der Waals surface area contributed by atoms with E-state index in [4.69, 9.17) is 0 Å². The Kier molecular flexibility index (Phi) is 4.78. The molecule has 144 valence electrons. The molecule has 0 spiro atoms. The van der Waals surface area contributed by atoms with Crippen LogP contribution in [0, 0.1) is 17.1 Å². The van der Waals surface area contributed by atoms with Gasteiger partial charge in [-0.25, -0.2) is 4.39 Å². The van der Waals surface area contributed by atoms with Gasteiger partial charge < -0.3 is 5.32 Å². The lowest BCUT2D eigenvalue weighted by atomic mass is 9.84. The predicted molar refractivity (Wildman–Crippen MR) is 108 cm³/mol. The van der Waals surface area contributed by atoms with E-state index in [9.17, 15) is 24.0 Å². The highest BCUT2D eigenvalue weighted by molar-refractivity contribution is 6.28.